The number of fused-ring (bicyclic) bond motifs is 1. The molecule has 0 unspecified atom stereocenters. The van der Waals surface area contributed by atoms with Gasteiger partial charge in [-0.25, -0.2) is 4.40 Å². The van der Waals surface area contributed by atoms with E-state index in [9.17, 15) is 4.79 Å². The van der Waals surface area contributed by atoms with Gasteiger partial charge in [-0.05, 0) is 33.3 Å². The van der Waals surface area contributed by atoms with E-state index in [1.54, 1.807) is 4.40 Å². The molecule has 35 heavy (non-hydrogen) atoms. The molecule has 12 heteroatoms. The Balaban J connectivity index is 1.39. The minimum Gasteiger partial charge on any atom is -0.355 e. The highest BCUT2D eigenvalue weighted by Crippen LogP contribution is 2.21. The van der Waals surface area contributed by atoms with Crippen molar-refractivity contribution < 1.29 is 4.79 Å². The molecule has 0 bridgehead atoms. The highest BCUT2D eigenvalue weighted by molar-refractivity contribution is 7.99. The summed E-state index contributed by atoms with van der Waals surface area (Å²) in [4.78, 5) is 21.5. The van der Waals surface area contributed by atoms with Crippen LogP contribution in [-0.2, 0) is 17.9 Å². The maximum atomic E-state index is 12.6. The van der Waals surface area contributed by atoms with Crippen LogP contribution in [0.4, 0.5) is 11.9 Å². The maximum absolute atomic E-state index is 12.6. The van der Waals surface area contributed by atoms with E-state index in [2.05, 4.69) is 53.3 Å². The van der Waals surface area contributed by atoms with Crippen molar-refractivity contribution in [3.8, 4) is 0 Å². The van der Waals surface area contributed by atoms with E-state index in [-0.39, 0.29) is 11.7 Å². The Hall–Kier alpha value is -3.67. The Morgan fingerprint density at radius 3 is 2.54 bits per heavy atom. The summed E-state index contributed by atoms with van der Waals surface area (Å²) < 4.78 is 3.71. The molecule has 0 spiro atoms. The Bertz CT molecular complexity index is 1300. The third kappa shape index (κ3) is 5.70. The number of amides is 1. The van der Waals surface area contributed by atoms with Gasteiger partial charge in [0.1, 0.15) is 0 Å². The molecule has 0 aliphatic heterocycles. The number of aromatic nitrogens is 7. The molecule has 1 aromatic carbocycles. The summed E-state index contributed by atoms with van der Waals surface area (Å²) in [5.41, 5.74) is 4.18. The molecule has 0 atom stereocenters. The van der Waals surface area contributed by atoms with Gasteiger partial charge < -0.3 is 16.0 Å². The lowest BCUT2D eigenvalue weighted by atomic mass is 10.2. The SMILES string of the molecule is CCNc1nc(NCC)n2c(SCC(=O)NCc3c(C)nn(Cc4ccccc4)c3C)nnc2n1. The van der Waals surface area contributed by atoms with Gasteiger partial charge in [-0.15, -0.1) is 10.2 Å². The van der Waals surface area contributed by atoms with Crippen molar-refractivity contribution in [2.45, 2.75) is 45.9 Å². The zero-order chi connectivity index (χ0) is 24.8. The van der Waals surface area contributed by atoms with E-state index in [4.69, 9.17) is 0 Å². The number of benzene rings is 1. The van der Waals surface area contributed by atoms with Crippen molar-refractivity contribution in [1.29, 1.82) is 0 Å². The van der Waals surface area contributed by atoms with Gasteiger partial charge >= 0.3 is 0 Å². The molecule has 1 amide bonds. The average molecular weight is 495 g/mol. The van der Waals surface area contributed by atoms with Gasteiger partial charge in [0, 0.05) is 30.9 Å². The standard InChI is InChI=1S/C23H30N10OS/c1-5-24-20-27-21(25-6-2)33-22(28-20)29-30-23(33)35-14-19(34)26-12-18-15(3)31-32(16(18)4)13-17-10-8-7-9-11-17/h7-11H,5-6,12-14H2,1-4H3,(H,26,34)(H2,24,25,27,28,29). The highest BCUT2D eigenvalue weighted by Gasteiger charge is 2.17. The van der Waals surface area contributed by atoms with Crippen LogP contribution in [-0.4, -0.2) is 59.1 Å². The lowest BCUT2D eigenvalue weighted by Gasteiger charge is -2.10. The lowest BCUT2D eigenvalue weighted by molar-refractivity contribution is -0.118. The van der Waals surface area contributed by atoms with Crippen LogP contribution in [0, 0.1) is 13.8 Å². The van der Waals surface area contributed by atoms with E-state index in [1.165, 1.54) is 17.3 Å². The molecule has 3 N–H and O–H groups in total. The Morgan fingerprint density at radius 1 is 1.03 bits per heavy atom. The number of thioether (sulfide) groups is 1. The number of rotatable bonds is 11. The number of nitrogens with one attached hydrogen (secondary N) is 3. The summed E-state index contributed by atoms with van der Waals surface area (Å²) in [7, 11) is 0. The van der Waals surface area contributed by atoms with Gasteiger partial charge in [-0.2, -0.15) is 15.1 Å². The third-order valence-corrected chi connectivity index (χ3v) is 6.35. The zero-order valence-electron chi connectivity index (χ0n) is 20.4. The van der Waals surface area contributed by atoms with Crippen molar-refractivity contribution >= 4 is 35.3 Å². The van der Waals surface area contributed by atoms with Crippen LogP contribution in [0.2, 0.25) is 0 Å². The second kappa shape index (κ2) is 11.2. The second-order valence-corrected chi connectivity index (χ2v) is 8.85. The zero-order valence-corrected chi connectivity index (χ0v) is 21.2. The first kappa shape index (κ1) is 24.5. The van der Waals surface area contributed by atoms with Gasteiger partial charge in [0.15, 0.2) is 5.16 Å². The summed E-state index contributed by atoms with van der Waals surface area (Å²) >= 11 is 1.29. The molecule has 4 aromatic rings. The minimum atomic E-state index is -0.100. The second-order valence-electron chi connectivity index (χ2n) is 7.91. The average Bonchev–Trinajstić information content (AvgIpc) is 3.37. The van der Waals surface area contributed by atoms with Crippen LogP contribution >= 0.6 is 11.8 Å². The van der Waals surface area contributed by atoms with E-state index < -0.39 is 0 Å². The molecule has 0 saturated carbocycles. The molecule has 0 aliphatic carbocycles. The first-order chi connectivity index (χ1) is 17.0. The minimum absolute atomic E-state index is 0.100. The Kier molecular flexibility index (Phi) is 7.80. The Labute approximate surface area is 208 Å². The molecule has 0 aliphatic rings. The van der Waals surface area contributed by atoms with Gasteiger partial charge in [0.25, 0.3) is 5.78 Å². The smallest absolute Gasteiger partial charge is 0.261 e. The van der Waals surface area contributed by atoms with Crippen molar-refractivity contribution in [3.63, 3.8) is 0 Å². The molecule has 0 radical (unpaired) electrons. The Morgan fingerprint density at radius 2 is 1.80 bits per heavy atom. The van der Waals surface area contributed by atoms with E-state index in [0.717, 1.165) is 17.0 Å². The number of carbonyl (C=O) groups is 1. The van der Waals surface area contributed by atoms with E-state index >= 15 is 0 Å². The van der Waals surface area contributed by atoms with E-state index in [1.807, 2.05) is 50.6 Å². The molecule has 0 fully saturated rings. The quantitative estimate of drug-likeness (QED) is 0.270. The molecule has 3 heterocycles. The summed E-state index contributed by atoms with van der Waals surface area (Å²) in [6.45, 7) is 10.5. The normalized spacial score (nSPS) is 11.1. The van der Waals surface area contributed by atoms with Crippen LogP contribution in [0.5, 0.6) is 0 Å². The van der Waals surface area contributed by atoms with Gasteiger partial charge in [-0.1, -0.05) is 42.1 Å². The van der Waals surface area contributed by atoms with Crippen LogP contribution in [0.1, 0.15) is 36.4 Å². The van der Waals surface area contributed by atoms with Crippen LogP contribution in [0.15, 0.2) is 35.5 Å². The summed E-state index contributed by atoms with van der Waals surface area (Å²) in [6.07, 6.45) is 0. The molecular formula is C23H30N10OS. The molecule has 3 aromatic heterocycles. The first-order valence-corrected chi connectivity index (χ1v) is 12.6. The predicted octanol–water partition coefficient (Wildman–Crippen LogP) is 2.65. The summed E-state index contributed by atoms with van der Waals surface area (Å²) in [5, 5.41) is 22.9. The van der Waals surface area contributed by atoms with Crippen molar-refractivity contribution in [2.24, 2.45) is 0 Å². The summed E-state index contributed by atoms with van der Waals surface area (Å²) in [6, 6.07) is 10.2. The molecular weight excluding hydrogens is 464 g/mol. The van der Waals surface area contributed by atoms with Gasteiger partial charge in [-0.3, -0.25) is 9.48 Å². The number of carbonyl (C=O) groups excluding carboxylic acids is 1. The number of hydrogen-bond acceptors (Lipinski definition) is 9. The van der Waals surface area contributed by atoms with Gasteiger partial charge in [0.05, 0.1) is 18.0 Å². The predicted molar refractivity (Wildman–Crippen MR) is 137 cm³/mol. The topological polar surface area (TPSA) is 127 Å². The maximum Gasteiger partial charge on any atom is 0.261 e. The lowest BCUT2D eigenvalue weighted by Crippen LogP contribution is -2.25. The first-order valence-electron chi connectivity index (χ1n) is 11.6. The fourth-order valence-corrected chi connectivity index (χ4v) is 4.42. The molecule has 11 nitrogen and oxygen atoms in total. The van der Waals surface area contributed by atoms with Crippen LogP contribution in [0.3, 0.4) is 0 Å². The van der Waals surface area contributed by atoms with E-state index in [0.29, 0.717) is 49.0 Å². The van der Waals surface area contributed by atoms with Crippen LogP contribution in [0.25, 0.3) is 5.78 Å². The molecule has 0 saturated heterocycles. The highest BCUT2D eigenvalue weighted by atomic mass is 32.2. The fourth-order valence-electron chi connectivity index (χ4n) is 3.67. The number of anilines is 2. The van der Waals surface area contributed by atoms with Crippen molar-refractivity contribution in [2.75, 3.05) is 29.5 Å². The van der Waals surface area contributed by atoms with Crippen molar-refractivity contribution in [3.05, 3.63) is 52.8 Å². The van der Waals surface area contributed by atoms with Crippen molar-refractivity contribution in [1.82, 2.24) is 39.7 Å². The largest absolute Gasteiger partial charge is 0.355 e. The number of nitrogens with zero attached hydrogens (tertiary/aromatic N) is 7. The van der Waals surface area contributed by atoms with Crippen LogP contribution < -0.4 is 16.0 Å². The molecule has 4 rings (SSSR count). The molecule has 184 valence electrons. The third-order valence-electron chi connectivity index (χ3n) is 5.42. The number of hydrogen-bond donors (Lipinski definition) is 3. The monoisotopic (exact) mass is 494 g/mol. The fraction of sp³-hybridized carbons (Fsp3) is 0.391. The summed E-state index contributed by atoms with van der Waals surface area (Å²) in [5.74, 6) is 1.58. The van der Waals surface area contributed by atoms with Gasteiger partial charge in [0.2, 0.25) is 17.8 Å². The number of aryl methyl sites for hydroxylation is 1.